The summed E-state index contributed by atoms with van der Waals surface area (Å²) in [6.45, 7) is 3.16. The van der Waals surface area contributed by atoms with E-state index in [1.54, 1.807) is 74.8 Å². The summed E-state index contributed by atoms with van der Waals surface area (Å²) >= 11 is 6.04. The number of carbonyl (C=O) groups is 1. The Labute approximate surface area is 200 Å². The molecule has 0 saturated carbocycles. The first-order valence-electron chi connectivity index (χ1n) is 10.3. The first-order chi connectivity index (χ1) is 16.4. The van der Waals surface area contributed by atoms with E-state index in [0.29, 0.717) is 33.6 Å². The van der Waals surface area contributed by atoms with Gasteiger partial charge in [-0.3, -0.25) is 9.78 Å². The van der Waals surface area contributed by atoms with E-state index in [0.717, 1.165) is 0 Å². The fourth-order valence-electron chi connectivity index (χ4n) is 3.30. The minimum atomic E-state index is -1.14. The van der Waals surface area contributed by atoms with E-state index in [9.17, 15) is 9.18 Å². The van der Waals surface area contributed by atoms with E-state index >= 15 is 0 Å². The van der Waals surface area contributed by atoms with Crippen molar-refractivity contribution < 1.29 is 18.7 Å². The highest BCUT2D eigenvalue weighted by molar-refractivity contribution is 6.32. The van der Waals surface area contributed by atoms with Crippen LogP contribution < -0.4 is 10.2 Å². The van der Waals surface area contributed by atoms with Crippen LogP contribution in [0.15, 0.2) is 83.3 Å². The van der Waals surface area contributed by atoms with Gasteiger partial charge >= 0.3 is 0 Å². The predicted octanol–water partition coefficient (Wildman–Crippen LogP) is 4.27. The molecule has 1 N–H and O–H groups in total. The molecule has 174 valence electrons. The van der Waals surface area contributed by atoms with Crippen molar-refractivity contribution in [3.63, 3.8) is 0 Å². The van der Waals surface area contributed by atoms with Crippen molar-refractivity contribution in [2.45, 2.75) is 19.6 Å². The molecular formula is C24H21ClFN5O3. The molecule has 2 aromatic carbocycles. The van der Waals surface area contributed by atoms with E-state index < -0.39 is 11.6 Å². The number of nitrogens with one attached hydrogen (secondary N) is 1. The standard InChI is InChI=1S/C24H21ClFN5O3/c1-16(28-29-22(32)15-33-21-6-4-3-5-20(21)25)31-24(2,18-7-9-19(26)10-8-18)34-23(30-31)17-11-13-27-14-12-17/h3-14H,15H2,1-2H3,(H,29,32)/b28-16+. The second kappa shape index (κ2) is 9.88. The molecule has 2 heterocycles. The van der Waals surface area contributed by atoms with Crippen molar-refractivity contribution in [1.29, 1.82) is 0 Å². The third-order valence-corrected chi connectivity index (χ3v) is 5.35. The molecule has 0 saturated heterocycles. The second-order valence-electron chi connectivity index (χ2n) is 7.46. The highest BCUT2D eigenvalue weighted by Gasteiger charge is 2.44. The number of nitrogens with zero attached hydrogens (tertiary/aromatic N) is 4. The summed E-state index contributed by atoms with van der Waals surface area (Å²) in [6.07, 6.45) is 3.25. The zero-order chi connectivity index (χ0) is 24.1. The number of hydrazone groups is 2. The van der Waals surface area contributed by atoms with Gasteiger partial charge in [0.2, 0.25) is 11.6 Å². The monoisotopic (exact) mass is 481 g/mol. The van der Waals surface area contributed by atoms with Gasteiger partial charge in [-0.25, -0.2) is 14.8 Å². The number of halogens is 2. The SMILES string of the molecule is C/C(=N\NC(=O)COc1ccccc1Cl)N1N=C(c2ccncc2)OC1(C)c1ccc(F)cc1. The number of hydrogen-bond donors (Lipinski definition) is 1. The summed E-state index contributed by atoms with van der Waals surface area (Å²) in [7, 11) is 0. The lowest BCUT2D eigenvalue weighted by Gasteiger charge is -2.32. The summed E-state index contributed by atoms with van der Waals surface area (Å²) in [6, 6.07) is 16.3. The molecule has 1 unspecified atom stereocenters. The van der Waals surface area contributed by atoms with Crippen LogP contribution >= 0.6 is 11.6 Å². The smallest absolute Gasteiger partial charge is 0.278 e. The molecule has 0 bridgehead atoms. The topological polar surface area (TPSA) is 88.4 Å². The van der Waals surface area contributed by atoms with Gasteiger partial charge in [-0.1, -0.05) is 35.9 Å². The number of benzene rings is 2. The summed E-state index contributed by atoms with van der Waals surface area (Å²) in [5, 5.41) is 10.7. The zero-order valence-corrected chi connectivity index (χ0v) is 19.2. The average Bonchev–Trinajstić information content (AvgIpc) is 3.21. The van der Waals surface area contributed by atoms with Gasteiger partial charge in [0.05, 0.1) is 5.02 Å². The van der Waals surface area contributed by atoms with Gasteiger partial charge in [0.1, 0.15) is 17.4 Å². The minimum absolute atomic E-state index is 0.280. The van der Waals surface area contributed by atoms with Gasteiger partial charge in [0.25, 0.3) is 5.91 Å². The molecule has 1 aromatic heterocycles. The van der Waals surface area contributed by atoms with Gasteiger partial charge in [-0.15, -0.1) is 5.10 Å². The Bertz CT molecular complexity index is 1240. The number of pyridine rings is 1. The maximum Gasteiger partial charge on any atom is 0.278 e. The summed E-state index contributed by atoms with van der Waals surface area (Å²) in [5.41, 5.74) is 2.65. The largest absolute Gasteiger partial charge is 0.482 e. The fraction of sp³-hybridized carbons (Fsp3) is 0.167. The lowest BCUT2D eigenvalue weighted by atomic mass is 10.0. The first-order valence-corrected chi connectivity index (χ1v) is 10.7. The summed E-state index contributed by atoms with van der Waals surface area (Å²) in [4.78, 5) is 16.3. The van der Waals surface area contributed by atoms with E-state index in [2.05, 4.69) is 20.6 Å². The lowest BCUT2D eigenvalue weighted by Crippen LogP contribution is -2.42. The van der Waals surface area contributed by atoms with E-state index in [1.807, 2.05) is 0 Å². The van der Waals surface area contributed by atoms with E-state index in [4.69, 9.17) is 21.1 Å². The molecule has 1 aliphatic rings. The Morgan fingerprint density at radius 2 is 1.88 bits per heavy atom. The zero-order valence-electron chi connectivity index (χ0n) is 18.4. The summed E-state index contributed by atoms with van der Waals surface area (Å²) < 4.78 is 25.2. The second-order valence-corrected chi connectivity index (χ2v) is 7.86. The lowest BCUT2D eigenvalue weighted by molar-refractivity contribution is -0.123. The highest BCUT2D eigenvalue weighted by Crippen LogP contribution is 2.36. The van der Waals surface area contributed by atoms with Crippen molar-refractivity contribution in [3.8, 4) is 5.75 Å². The fourth-order valence-corrected chi connectivity index (χ4v) is 3.49. The van der Waals surface area contributed by atoms with Crippen LogP contribution in [0.3, 0.4) is 0 Å². The van der Waals surface area contributed by atoms with Crippen LogP contribution in [0.1, 0.15) is 25.0 Å². The maximum absolute atomic E-state index is 13.5. The molecule has 0 radical (unpaired) electrons. The van der Waals surface area contributed by atoms with Gasteiger partial charge in [0, 0.05) is 30.4 Å². The van der Waals surface area contributed by atoms with Crippen molar-refractivity contribution >= 4 is 29.2 Å². The number of hydrogen-bond acceptors (Lipinski definition) is 6. The number of para-hydroxylation sites is 1. The molecule has 1 amide bonds. The number of amidine groups is 1. The van der Waals surface area contributed by atoms with Crippen LogP contribution in [0.4, 0.5) is 4.39 Å². The molecule has 4 rings (SSSR count). The quantitative estimate of drug-likeness (QED) is 0.323. The van der Waals surface area contributed by atoms with Crippen LogP contribution in [0.25, 0.3) is 0 Å². The van der Waals surface area contributed by atoms with Gasteiger partial charge in [-0.05, 0) is 43.3 Å². The molecule has 1 atom stereocenters. The minimum Gasteiger partial charge on any atom is -0.482 e. The van der Waals surface area contributed by atoms with Crippen molar-refractivity contribution in [2.75, 3.05) is 6.61 Å². The Balaban J connectivity index is 1.54. The van der Waals surface area contributed by atoms with Crippen LogP contribution in [0.5, 0.6) is 5.75 Å². The molecule has 0 aliphatic carbocycles. The molecule has 0 fully saturated rings. The highest BCUT2D eigenvalue weighted by atomic mass is 35.5. The van der Waals surface area contributed by atoms with E-state index in [-0.39, 0.29) is 12.4 Å². The van der Waals surface area contributed by atoms with E-state index in [1.165, 1.54) is 17.1 Å². The maximum atomic E-state index is 13.5. The van der Waals surface area contributed by atoms with Crippen molar-refractivity contribution in [1.82, 2.24) is 15.4 Å². The van der Waals surface area contributed by atoms with Gasteiger partial charge in [0.15, 0.2) is 6.61 Å². The van der Waals surface area contributed by atoms with Gasteiger partial charge in [-0.2, -0.15) is 5.10 Å². The molecule has 0 spiro atoms. The Hall–Kier alpha value is -3.98. The molecule has 3 aromatic rings. The van der Waals surface area contributed by atoms with Crippen LogP contribution in [-0.2, 0) is 15.3 Å². The molecular weight excluding hydrogens is 461 g/mol. The van der Waals surface area contributed by atoms with Crippen LogP contribution in [-0.4, -0.2) is 34.2 Å². The summed E-state index contributed by atoms with van der Waals surface area (Å²) in [5.74, 6) is 0.201. The average molecular weight is 482 g/mol. The van der Waals surface area contributed by atoms with Crippen molar-refractivity contribution in [2.24, 2.45) is 10.2 Å². The predicted molar refractivity (Wildman–Crippen MR) is 126 cm³/mol. The molecule has 34 heavy (non-hydrogen) atoms. The number of aromatic nitrogens is 1. The first kappa shape index (κ1) is 23.2. The number of amides is 1. The number of carbonyl (C=O) groups excluding carboxylic acids is 1. The van der Waals surface area contributed by atoms with Crippen LogP contribution in [0, 0.1) is 5.82 Å². The third-order valence-electron chi connectivity index (χ3n) is 5.04. The third kappa shape index (κ3) is 4.99. The Morgan fingerprint density at radius 3 is 2.59 bits per heavy atom. The Kier molecular flexibility index (Phi) is 6.74. The van der Waals surface area contributed by atoms with Crippen LogP contribution in [0.2, 0.25) is 5.02 Å². The molecule has 1 aliphatic heterocycles. The van der Waals surface area contributed by atoms with Crippen molar-refractivity contribution in [3.05, 3.63) is 95.0 Å². The molecule has 8 nitrogen and oxygen atoms in total. The molecule has 10 heteroatoms. The normalized spacial score (nSPS) is 17.7. The van der Waals surface area contributed by atoms with Gasteiger partial charge < -0.3 is 9.47 Å². The Morgan fingerprint density at radius 1 is 1.18 bits per heavy atom. The number of ether oxygens (including phenoxy) is 2. The number of rotatable bonds is 6.